The third-order valence-corrected chi connectivity index (χ3v) is 2.15. The van der Waals surface area contributed by atoms with Gasteiger partial charge >= 0.3 is 0 Å². The molecule has 0 bridgehead atoms. The topological polar surface area (TPSA) is 46.5 Å². The predicted octanol–water partition coefficient (Wildman–Crippen LogP) is 2.32. The van der Waals surface area contributed by atoms with E-state index in [0.717, 1.165) is 0 Å². The first-order valence-corrected chi connectivity index (χ1v) is 4.58. The molecule has 0 aliphatic carbocycles. The number of phenols is 1. The molecule has 15 heavy (non-hydrogen) atoms. The van der Waals surface area contributed by atoms with Crippen LogP contribution in [0.4, 0.5) is 4.39 Å². The second-order valence-electron chi connectivity index (χ2n) is 3.09. The number of phenolic OH excluding ortho intramolecular Hbond substituents is 1. The minimum Gasteiger partial charge on any atom is -0.505 e. The van der Waals surface area contributed by atoms with E-state index in [0.29, 0.717) is 0 Å². The highest BCUT2D eigenvalue weighted by Gasteiger charge is 2.18. The zero-order valence-corrected chi connectivity index (χ0v) is 9.06. The van der Waals surface area contributed by atoms with Crippen LogP contribution >= 0.6 is 11.6 Å². The van der Waals surface area contributed by atoms with Crippen molar-refractivity contribution in [3.8, 4) is 11.5 Å². The number of methoxy groups -OCH3 is 1. The van der Waals surface area contributed by atoms with E-state index < -0.39 is 11.6 Å². The molecule has 0 fully saturated rings. The fourth-order valence-corrected chi connectivity index (χ4v) is 1.52. The van der Waals surface area contributed by atoms with Gasteiger partial charge in [-0.15, -0.1) is 0 Å². The number of benzene rings is 1. The van der Waals surface area contributed by atoms with Crippen LogP contribution in [0, 0.1) is 5.82 Å². The summed E-state index contributed by atoms with van der Waals surface area (Å²) in [5, 5.41) is 9.45. The Labute approximate surface area is 91.4 Å². The molecule has 82 valence electrons. The standard InChI is InChI=1S/C10H10ClFO3/c1-5(13)3-6-4-7(11)10(15-2)8(12)9(6)14/h4,14H,3H2,1-2H3. The quantitative estimate of drug-likeness (QED) is 0.870. The zero-order valence-electron chi connectivity index (χ0n) is 8.30. The number of carbonyl (C=O) groups excluding carboxylic acids is 1. The van der Waals surface area contributed by atoms with E-state index in [1.165, 1.54) is 20.1 Å². The van der Waals surface area contributed by atoms with Gasteiger partial charge in [0, 0.05) is 12.0 Å². The minimum atomic E-state index is -0.943. The van der Waals surface area contributed by atoms with Crippen LogP contribution in [0.15, 0.2) is 6.07 Å². The van der Waals surface area contributed by atoms with Gasteiger partial charge in [-0.25, -0.2) is 0 Å². The number of carbonyl (C=O) groups is 1. The SMILES string of the molecule is COc1c(Cl)cc(CC(C)=O)c(O)c1F. The lowest BCUT2D eigenvalue weighted by Crippen LogP contribution is -2.00. The Morgan fingerprint density at radius 3 is 2.73 bits per heavy atom. The van der Waals surface area contributed by atoms with E-state index in [2.05, 4.69) is 4.74 Å². The first kappa shape index (κ1) is 11.8. The third-order valence-electron chi connectivity index (χ3n) is 1.87. The van der Waals surface area contributed by atoms with E-state index in [4.69, 9.17) is 11.6 Å². The molecule has 1 N–H and O–H groups in total. The Hall–Kier alpha value is -1.29. The summed E-state index contributed by atoms with van der Waals surface area (Å²) in [4.78, 5) is 10.8. The maximum Gasteiger partial charge on any atom is 0.208 e. The summed E-state index contributed by atoms with van der Waals surface area (Å²) >= 11 is 5.70. The Balaban J connectivity index is 3.27. The molecule has 1 aromatic carbocycles. The van der Waals surface area contributed by atoms with Crippen LogP contribution in [0.2, 0.25) is 5.02 Å². The number of rotatable bonds is 3. The van der Waals surface area contributed by atoms with Crippen LogP contribution in [0.1, 0.15) is 12.5 Å². The highest BCUT2D eigenvalue weighted by atomic mass is 35.5. The van der Waals surface area contributed by atoms with Gasteiger partial charge in [0.05, 0.1) is 12.1 Å². The highest BCUT2D eigenvalue weighted by molar-refractivity contribution is 6.32. The summed E-state index contributed by atoms with van der Waals surface area (Å²) in [5.41, 5.74) is 0.158. The molecule has 0 saturated heterocycles. The molecule has 0 unspecified atom stereocenters. The lowest BCUT2D eigenvalue weighted by Gasteiger charge is -2.09. The van der Waals surface area contributed by atoms with Crippen molar-refractivity contribution in [3.05, 3.63) is 22.5 Å². The molecular formula is C10H10ClFO3. The molecule has 0 aliphatic heterocycles. The maximum atomic E-state index is 13.4. The van der Waals surface area contributed by atoms with E-state index in [1.807, 2.05) is 0 Å². The summed E-state index contributed by atoms with van der Waals surface area (Å²) in [6.07, 6.45) is -0.0630. The second kappa shape index (κ2) is 4.49. The zero-order chi connectivity index (χ0) is 11.6. The van der Waals surface area contributed by atoms with Crippen molar-refractivity contribution < 1.29 is 19.0 Å². The highest BCUT2D eigenvalue weighted by Crippen LogP contribution is 2.36. The number of ether oxygens (including phenoxy) is 1. The fourth-order valence-electron chi connectivity index (χ4n) is 1.23. The van der Waals surface area contributed by atoms with Crippen molar-refractivity contribution >= 4 is 17.4 Å². The van der Waals surface area contributed by atoms with Gasteiger partial charge < -0.3 is 9.84 Å². The number of hydrogen-bond acceptors (Lipinski definition) is 3. The van der Waals surface area contributed by atoms with Crippen LogP contribution < -0.4 is 4.74 Å². The predicted molar refractivity (Wildman–Crippen MR) is 54.0 cm³/mol. The maximum absolute atomic E-state index is 13.4. The Morgan fingerprint density at radius 2 is 2.27 bits per heavy atom. The van der Waals surface area contributed by atoms with Crippen LogP contribution in [-0.2, 0) is 11.2 Å². The average Bonchev–Trinajstić information content (AvgIpc) is 2.14. The largest absolute Gasteiger partial charge is 0.505 e. The molecule has 0 amide bonds. The third kappa shape index (κ3) is 2.39. The number of ketones is 1. The summed E-state index contributed by atoms with van der Waals surface area (Å²) in [5.74, 6) is -1.94. The van der Waals surface area contributed by atoms with Gasteiger partial charge in [-0.3, -0.25) is 4.79 Å². The van der Waals surface area contributed by atoms with Crippen molar-refractivity contribution in [2.45, 2.75) is 13.3 Å². The van der Waals surface area contributed by atoms with Gasteiger partial charge in [-0.1, -0.05) is 11.6 Å². The normalized spacial score (nSPS) is 10.1. The lowest BCUT2D eigenvalue weighted by molar-refractivity contribution is -0.116. The Morgan fingerprint density at radius 1 is 1.67 bits per heavy atom. The van der Waals surface area contributed by atoms with Crippen molar-refractivity contribution in [2.75, 3.05) is 7.11 Å². The van der Waals surface area contributed by atoms with Crippen molar-refractivity contribution in [3.63, 3.8) is 0 Å². The molecule has 0 atom stereocenters. The minimum absolute atomic E-state index is 0.0315. The fraction of sp³-hybridized carbons (Fsp3) is 0.300. The van der Waals surface area contributed by atoms with E-state index in [-0.39, 0.29) is 28.5 Å². The van der Waals surface area contributed by atoms with Crippen molar-refractivity contribution in [1.29, 1.82) is 0 Å². The molecule has 3 nitrogen and oxygen atoms in total. The molecule has 0 saturated carbocycles. The molecular weight excluding hydrogens is 223 g/mol. The molecule has 5 heteroatoms. The molecule has 0 aromatic heterocycles. The second-order valence-corrected chi connectivity index (χ2v) is 3.50. The van der Waals surface area contributed by atoms with Crippen molar-refractivity contribution in [2.24, 2.45) is 0 Å². The summed E-state index contributed by atoms with van der Waals surface area (Å²) < 4.78 is 18.1. The number of Topliss-reactive ketones (excluding diaryl/α,β-unsaturated/α-hetero) is 1. The summed E-state index contributed by atoms with van der Waals surface area (Å²) in [6.45, 7) is 1.34. The van der Waals surface area contributed by atoms with E-state index in [1.54, 1.807) is 0 Å². The molecule has 0 radical (unpaired) electrons. The number of hydrogen-bond donors (Lipinski definition) is 1. The monoisotopic (exact) mass is 232 g/mol. The van der Waals surface area contributed by atoms with Gasteiger partial charge in [0.25, 0.3) is 0 Å². The van der Waals surface area contributed by atoms with Crippen LogP contribution in [0.25, 0.3) is 0 Å². The van der Waals surface area contributed by atoms with Crippen LogP contribution in [0.5, 0.6) is 11.5 Å². The van der Waals surface area contributed by atoms with Gasteiger partial charge in [0.2, 0.25) is 5.82 Å². The molecule has 1 rings (SSSR count). The van der Waals surface area contributed by atoms with E-state index in [9.17, 15) is 14.3 Å². The van der Waals surface area contributed by atoms with Gasteiger partial charge in [0.15, 0.2) is 11.5 Å². The first-order valence-electron chi connectivity index (χ1n) is 4.20. The van der Waals surface area contributed by atoms with Gasteiger partial charge in [-0.2, -0.15) is 4.39 Å². The Kier molecular flexibility index (Phi) is 3.52. The van der Waals surface area contributed by atoms with Gasteiger partial charge in [-0.05, 0) is 13.0 Å². The molecule has 0 heterocycles. The molecule has 1 aromatic rings. The number of halogens is 2. The summed E-state index contributed by atoms with van der Waals surface area (Å²) in [6, 6.07) is 1.32. The van der Waals surface area contributed by atoms with Crippen LogP contribution in [-0.4, -0.2) is 18.0 Å². The first-order chi connectivity index (χ1) is 6.97. The summed E-state index contributed by atoms with van der Waals surface area (Å²) in [7, 11) is 1.24. The smallest absolute Gasteiger partial charge is 0.208 e. The lowest BCUT2D eigenvalue weighted by atomic mass is 10.1. The molecule has 0 spiro atoms. The van der Waals surface area contributed by atoms with E-state index >= 15 is 0 Å². The van der Waals surface area contributed by atoms with Crippen molar-refractivity contribution in [1.82, 2.24) is 0 Å². The average molecular weight is 233 g/mol. The molecule has 0 aliphatic rings. The van der Waals surface area contributed by atoms with Crippen LogP contribution in [0.3, 0.4) is 0 Å². The van der Waals surface area contributed by atoms with Gasteiger partial charge in [0.1, 0.15) is 5.78 Å². The Bertz CT molecular complexity index is 404. The number of aromatic hydroxyl groups is 1.